The molecule has 1 aliphatic carbocycles. The van der Waals surface area contributed by atoms with Crippen molar-refractivity contribution < 1.29 is 9.59 Å². The van der Waals surface area contributed by atoms with Crippen LogP contribution < -0.4 is 5.32 Å². The van der Waals surface area contributed by atoms with Crippen LogP contribution in [0, 0.1) is 19.8 Å². The first kappa shape index (κ1) is 18.2. The van der Waals surface area contributed by atoms with Gasteiger partial charge in [0.05, 0.1) is 16.6 Å². The molecule has 2 fully saturated rings. The molecule has 0 radical (unpaired) electrons. The van der Waals surface area contributed by atoms with E-state index >= 15 is 0 Å². The van der Waals surface area contributed by atoms with Crippen LogP contribution in [0.2, 0.25) is 0 Å². The maximum atomic E-state index is 12.7. The Kier molecular flexibility index (Phi) is 5.04. The van der Waals surface area contributed by atoms with Gasteiger partial charge in [0, 0.05) is 35.1 Å². The van der Waals surface area contributed by atoms with Crippen LogP contribution in [-0.4, -0.2) is 33.5 Å². The highest BCUT2D eigenvalue weighted by molar-refractivity contribution is 7.14. The van der Waals surface area contributed by atoms with E-state index < -0.39 is 0 Å². The number of likely N-dealkylation sites (tertiary alicyclic amines) is 1. The van der Waals surface area contributed by atoms with Crippen molar-refractivity contribution in [3.05, 3.63) is 38.8 Å². The first-order valence-corrected chi connectivity index (χ1v) is 10.5. The van der Waals surface area contributed by atoms with E-state index in [1.54, 1.807) is 0 Å². The van der Waals surface area contributed by atoms with Crippen LogP contribution in [0.1, 0.15) is 69.6 Å². The van der Waals surface area contributed by atoms with Crippen LogP contribution >= 0.6 is 11.3 Å². The van der Waals surface area contributed by atoms with E-state index in [9.17, 15) is 9.59 Å². The van der Waals surface area contributed by atoms with E-state index in [0.717, 1.165) is 54.1 Å². The normalized spacial score (nSPS) is 19.9. The van der Waals surface area contributed by atoms with Crippen molar-refractivity contribution in [3.8, 4) is 0 Å². The van der Waals surface area contributed by atoms with Crippen LogP contribution in [0.15, 0.2) is 12.1 Å². The second kappa shape index (κ2) is 7.46. The molecule has 3 heterocycles. The SMILES string of the molecule is Cc1n[nH]c(C)c1CNC(=O)c1ccc(C2CCCN2C(=O)C2CCC2)s1. The number of nitrogens with zero attached hydrogens (tertiary/aromatic N) is 2. The summed E-state index contributed by atoms with van der Waals surface area (Å²) < 4.78 is 0. The zero-order valence-electron chi connectivity index (χ0n) is 15.9. The van der Waals surface area contributed by atoms with Gasteiger partial charge < -0.3 is 10.2 Å². The molecule has 0 bridgehead atoms. The zero-order chi connectivity index (χ0) is 19.0. The second-order valence-electron chi connectivity index (χ2n) is 7.61. The van der Waals surface area contributed by atoms with Crippen molar-refractivity contribution in [2.45, 2.75) is 58.5 Å². The minimum atomic E-state index is -0.0684. The molecule has 2 N–H and O–H groups in total. The van der Waals surface area contributed by atoms with Gasteiger partial charge in [-0.05, 0) is 51.7 Å². The van der Waals surface area contributed by atoms with Gasteiger partial charge in [-0.1, -0.05) is 6.42 Å². The number of aromatic nitrogens is 2. The van der Waals surface area contributed by atoms with E-state index in [1.807, 2.05) is 26.0 Å². The summed E-state index contributed by atoms with van der Waals surface area (Å²) >= 11 is 1.51. The molecule has 6 nitrogen and oxygen atoms in total. The van der Waals surface area contributed by atoms with Gasteiger partial charge in [0.2, 0.25) is 5.91 Å². The number of thiophene rings is 1. The Morgan fingerprint density at radius 2 is 2.07 bits per heavy atom. The molecule has 2 amide bonds. The summed E-state index contributed by atoms with van der Waals surface area (Å²) in [5, 5.41) is 10.1. The third kappa shape index (κ3) is 3.52. The van der Waals surface area contributed by atoms with Gasteiger partial charge in [0.1, 0.15) is 0 Å². The molecule has 1 unspecified atom stereocenters. The molecule has 27 heavy (non-hydrogen) atoms. The Balaban J connectivity index is 1.41. The summed E-state index contributed by atoms with van der Waals surface area (Å²) in [7, 11) is 0. The van der Waals surface area contributed by atoms with E-state index in [-0.39, 0.29) is 17.9 Å². The Labute approximate surface area is 163 Å². The topological polar surface area (TPSA) is 78.1 Å². The molecule has 2 aliphatic rings. The van der Waals surface area contributed by atoms with Crippen molar-refractivity contribution in [2.24, 2.45) is 5.92 Å². The largest absolute Gasteiger partial charge is 0.347 e. The lowest BCUT2D eigenvalue weighted by Crippen LogP contribution is -2.38. The van der Waals surface area contributed by atoms with E-state index in [1.165, 1.54) is 17.8 Å². The first-order chi connectivity index (χ1) is 13.0. The number of nitrogens with one attached hydrogen (secondary N) is 2. The predicted octanol–water partition coefficient (Wildman–Crippen LogP) is 3.48. The standard InChI is InChI=1S/C20H26N4O2S/c1-12-15(13(2)23-22-12)11-21-19(25)18-9-8-17(27-18)16-7-4-10-24(16)20(26)14-5-3-6-14/h8-9,14,16H,3-7,10-11H2,1-2H3,(H,21,25)(H,22,23). The summed E-state index contributed by atoms with van der Waals surface area (Å²) in [6.07, 6.45) is 5.28. The molecule has 7 heteroatoms. The molecule has 1 saturated heterocycles. The molecule has 0 aromatic carbocycles. The van der Waals surface area contributed by atoms with Gasteiger partial charge in [-0.25, -0.2) is 0 Å². The molecule has 0 spiro atoms. The minimum Gasteiger partial charge on any atom is -0.347 e. The summed E-state index contributed by atoms with van der Waals surface area (Å²) in [6, 6.07) is 4.04. The maximum Gasteiger partial charge on any atom is 0.261 e. The molecule has 1 aliphatic heterocycles. The third-order valence-electron chi connectivity index (χ3n) is 5.88. The molecule has 144 valence electrons. The second-order valence-corrected chi connectivity index (χ2v) is 8.73. The quantitative estimate of drug-likeness (QED) is 0.826. The van der Waals surface area contributed by atoms with Gasteiger partial charge >= 0.3 is 0 Å². The van der Waals surface area contributed by atoms with Crippen molar-refractivity contribution in [2.75, 3.05) is 6.54 Å². The fourth-order valence-electron chi connectivity index (χ4n) is 3.96. The summed E-state index contributed by atoms with van der Waals surface area (Å²) in [5.74, 6) is 0.477. The number of carbonyl (C=O) groups is 2. The monoisotopic (exact) mass is 386 g/mol. The number of amides is 2. The highest BCUT2D eigenvalue weighted by atomic mass is 32.1. The fraction of sp³-hybridized carbons (Fsp3) is 0.550. The molecular weight excluding hydrogens is 360 g/mol. The number of rotatable bonds is 5. The summed E-state index contributed by atoms with van der Waals surface area (Å²) in [5.41, 5.74) is 2.93. The fourth-order valence-corrected chi connectivity index (χ4v) is 5.03. The van der Waals surface area contributed by atoms with Crippen molar-refractivity contribution in [1.82, 2.24) is 20.4 Å². The molecule has 2 aromatic rings. The summed E-state index contributed by atoms with van der Waals surface area (Å²) in [6.45, 7) is 5.20. The van der Waals surface area contributed by atoms with Crippen molar-refractivity contribution in [1.29, 1.82) is 0 Å². The average molecular weight is 387 g/mol. The number of carbonyl (C=O) groups excluding carboxylic acids is 2. The average Bonchev–Trinajstić information content (AvgIpc) is 3.31. The van der Waals surface area contributed by atoms with Gasteiger partial charge in [-0.2, -0.15) is 5.10 Å². The Bertz CT molecular complexity index is 833. The van der Waals surface area contributed by atoms with E-state index in [0.29, 0.717) is 17.3 Å². The Morgan fingerprint density at radius 1 is 1.26 bits per heavy atom. The molecule has 4 rings (SSSR count). The molecule has 2 aromatic heterocycles. The van der Waals surface area contributed by atoms with E-state index in [2.05, 4.69) is 20.4 Å². The lowest BCUT2D eigenvalue weighted by atomic mass is 9.84. The van der Waals surface area contributed by atoms with E-state index in [4.69, 9.17) is 0 Å². The zero-order valence-corrected chi connectivity index (χ0v) is 16.7. The van der Waals surface area contributed by atoms with Gasteiger partial charge in [-0.3, -0.25) is 14.7 Å². The lowest BCUT2D eigenvalue weighted by Gasteiger charge is -2.32. The van der Waals surface area contributed by atoms with Crippen molar-refractivity contribution >= 4 is 23.2 Å². The van der Waals surface area contributed by atoms with Crippen LogP contribution in [0.25, 0.3) is 0 Å². The van der Waals surface area contributed by atoms with Gasteiger partial charge in [0.15, 0.2) is 0 Å². The van der Waals surface area contributed by atoms with Crippen LogP contribution in [0.4, 0.5) is 0 Å². The molecule has 1 atom stereocenters. The highest BCUT2D eigenvalue weighted by Crippen LogP contribution is 2.39. The van der Waals surface area contributed by atoms with Crippen LogP contribution in [0.5, 0.6) is 0 Å². The smallest absolute Gasteiger partial charge is 0.261 e. The third-order valence-corrected chi connectivity index (χ3v) is 7.06. The Morgan fingerprint density at radius 3 is 2.74 bits per heavy atom. The molecule has 1 saturated carbocycles. The number of aromatic amines is 1. The van der Waals surface area contributed by atoms with Gasteiger partial charge in [-0.15, -0.1) is 11.3 Å². The number of hydrogen-bond acceptors (Lipinski definition) is 4. The van der Waals surface area contributed by atoms with Crippen LogP contribution in [-0.2, 0) is 11.3 Å². The summed E-state index contributed by atoms with van der Waals surface area (Å²) in [4.78, 5) is 29.1. The first-order valence-electron chi connectivity index (χ1n) is 9.73. The minimum absolute atomic E-state index is 0.0684. The van der Waals surface area contributed by atoms with Crippen molar-refractivity contribution in [3.63, 3.8) is 0 Å². The van der Waals surface area contributed by atoms with Crippen LogP contribution in [0.3, 0.4) is 0 Å². The number of aryl methyl sites for hydroxylation is 2. The number of hydrogen-bond donors (Lipinski definition) is 2. The Hall–Kier alpha value is -2.15. The highest BCUT2D eigenvalue weighted by Gasteiger charge is 2.36. The number of H-pyrrole nitrogens is 1. The van der Waals surface area contributed by atoms with Gasteiger partial charge in [0.25, 0.3) is 5.91 Å². The molecular formula is C20H26N4O2S. The predicted molar refractivity (Wildman–Crippen MR) is 105 cm³/mol. The lowest BCUT2D eigenvalue weighted by molar-refractivity contribution is -0.139. The maximum absolute atomic E-state index is 12.7.